The van der Waals surface area contributed by atoms with Crippen LogP contribution in [0.2, 0.25) is 0 Å². The van der Waals surface area contributed by atoms with Gasteiger partial charge < -0.3 is 0 Å². The number of nitrogens with zero attached hydrogens (tertiary/aromatic N) is 2. The van der Waals surface area contributed by atoms with Crippen molar-refractivity contribution in [3.63, 3.8) is 0 Å². The lowest BCUT2D eigenvalue weighted by molar-refractivity contribution is -0.114. The third-order valence-corrected chi connectivity index (χ3v) is 4.80. The molecule has 2 heterocycles. The molecule has 1 aromatic carbocycles. The van der Waals surface area contributed by atoms with E-state index in [0.29, 0.717) is 5.57 Å². The Morgan fingerprint density at radius 3 is 3.00 bits per heavy atom. The summed E-state index contributed by atoms with van der Waals surface area (Å²) in [5.74, 6) is 0.159. The molecule has 0 saturated carbocycles. The fourth-order valence-corrected chi connectivity index (χ4v) is 3.93. The van der Waals surface area contributed by atoms with Crippen molar-refractivity contribution in [2.75, 3.05) is 4.90 Å². The maximum absolute atomic E-state index is 12.4. The van der Waals surface area contributed by atoms with Gasteiger partial charge in [-0.15, -0.1) is 11.3 Å². The number of anilines is 1. The third-order valence-electron chi connectivity index (χ3n) is 4.03. The number of benzene rings is 1. The molecule has 2 aliphatic rings. The minimum atomic E-state index is 0.0273. The van der Waals surface area contributed by atoms with Crippen molar-refractivity contribution in [1.29, 1.82) is 0 Å². The van der Waals surface area contributed by atoms with Gasteiger partial charge in [-0.3, -0.25) is 9.69 Å². The van der Waals surface area contributed by atoms with Gasteiger partial charge in [-0.25, -0.2) is 4.98 Å². The van der Waals surface area contributed by atoms with E-state index in [-0.39, 0.29) is 17.9 Å². The average Bonchev–Trinajstić information content (AvgIpc) is 3.09. The Morgan fingerprint density at radius 1 is 1.37 bits per heavy atom. The summed E-state index contributed by atoms with van der Waals surface area (Å²) in [6.45, 7) is 4.02. The van der Waals surface area contributed by atoms with E-state index in [1.165, 1.54) is 22.5 Å². The predicted octanol–water partition coefficient (Wildman–Crippen LogP) is 2.75. The summed E-state index contributed by atoms with van der Waals surface area (Å²) in [4.78, 5) is 18.5. The zero-order valence-corrected chi connectivity index (χ0v) is 11.1. The van der Waals surface area contributed by atoms with Gasteiger partial charge in [-0.2, -0.15) is 0 Å². The summed E-state index contributed by atoms with van der Waals surface area (Å²) >= 11 is 1.51. The third kappa shape index (κ3) is 1.37. The van der Waals surface area contributed by atoms with Gasteiger partial charge in [0.1, 0.15) is 0 Å². The zero-order chi connectivity index (χ0) is 13.0. The van der Waals surface area contributed by atoms with Crippen molar-refractivity contribution in [3.8, 4) is 0 Å². The summed E-state index contributed by atoms with van der Waals surface area (Å²) in [7, 11) is 0. The van der Waals surface area contributed by atoms with Crippen LogP contribution in [0.3, 0.4) is 0 Å². The van der Waals surface area contributed by atoms with E-state index in [9.17, 15) is 4.79 Å². The van der Waals surface area contributed by atoms with Gasteiger partial charge in [-0.1, -0.05) is 30.8 Å². The Labute approximate surface area is 115 Å². The smallest absolute Gasteiger partial charge is 0.256 e. The molecule has 19 heavy (non-hydrogen) atoms. The van der Waals surface area contributed by atoms with Gasteiger partial charge in [0, 0.05) is 23.1 Å². The SMILES string of the molecule is C=C1C(=O)N(c2nccs2)C2Cc3ccccc3C12. The summed E-state index contributed by atoms with van der Waals surface area (Å²) in [6, 6.07) is 8.50. The van der Waals surface area contributed by atoms with Crippen molar-refractivity contribution >= 4 is 22.4 Å². The van der Waals surface area contributed by atoms with E-state index in [4.69, 9.17) is 0 Å². The van der Waals surface area contributed by atoms with Crippen LogP contribution >= 0.6 is 11.3 Å². The molecule has 1 amide bonds. The highest BCUT2D eigenvalue weighted by Crippen LogP contribution is 2.47. The van der Waals surface area contributed by atoms with Gasteiger partial charge in [0.05, 0.1) is 6.04 Å². The number of hydrogen-bond donors (Lipinski definition) is 0. The Morgan fingerprint density at radius 2 is 2.21 bits per heavy atom. The maximum Gasteiger partial charge on any atom is 0.256 e. The maximum atomic E-state index is 12.4. The lowest BCUT2D eigenvalue weighted by Crippen LogP contribution is -2.34. The molecule has 2 atom stereocenters. The topological polar surface area (TPSA) is 33.2 Å². The van der Waals surface area contributed by atoms with Crippen molar-refractivity contribution in [2.24, 2.45) is 0 Å². The van der Waals surface area contributed by atoms with Crippen molar-refractivity contribution in [1.82, 2.24) is 4.98 Å². The van der Waals surface area contributed by atoms with Crippen LogP contribution in [-0.2, 0) is 11.2 Å². The predicted molar refractivity (Wildman–Crippen MR) is 75.4 cm³/mol. The van der Waals surface area contributed by atoms with Crippen LogP contribution in [0, 0.1) is 0 Å². The number of carbonyl (C=O) groups excluding carboxylic acids is 1. The molecular weight excluding hydrogens is 256 g/mol. The number of hydrogen-bond acceptors (Lipinski definition) is 3. The lowest BCUT2D eigenvalue weighted by Gasteiger charge is -2.20. The monoisotopic (exact) mass is 268 g/mol. The molecule has 2 aromatic rings. The van der Waals surface area contributed by atoms with Crippen molar-refractivity contribution in [3.05, 3.63) is 59.1 Å². The molecule has 0 spiro atoms. The van der Waals surface area contributed by atoms with Crippen LogP contribution in [0.4, 0.5) is 5.13 Å². The Kier molecular flexibility index (Phi) is 2.17. The molecule has 0 N–H and O–H groups in total. The van der Waals surface area contributed by atoms with Gasteiger partial charge in [0.25, 0.3) is 5.91 Å². The summed E-state index contributed by atoms with van der Waals surface area (Å²) in [5.41, 5.74) is 3.28. The highest BCUT2D eigenvalue weighted by atomic mass is 32.1. The summed E-state index contributed by atoms with van der Waals surface area (Å²) in [6.07, 6.45) is 2.64. The van der Waals surface area contributed by atoms with E-state index < -0.39 is 0 Å². The fourth-order valence-electron chi connectivity index (χ4n) is 3.24. The zero-order valence-electron chi connectivity index (χ0n) is 10.2. The quantitative estimate of drug-likeness (QED) is 0.745. The van der Waals surface area contributed by atoms with Gasteiger partial charge in [0.15, 0.2) is 5.13 Å². The number of thiazole rings is 1. The Bertz CT molecular complexity index is 675. The molecule has 4 heteroatoms. The van der Waals surface area contributed by atoms with E-state index in [0.717, 1.165) is 11.6 Å². The molecule has 1 aromatic heterocycles. The number of carbonyl (C=O) groups is 1. The van der Waals surface area contributed by atoms with E-state index >= 15 is 0 Å². The molecule has 1 aliphatic heterocycles. The number of aromatic nitrogens is 1. The minimum absolute atomic E-state index is 0.0273. The van der Waals surface area contributed by atoms with Crippen LogP contribution in [0.5, 0.6) is 0 Å². The molecular formula is C15H12N2OS. The second kappa shape index (κ2) is 3.78. The molecule has 4 rings (SSSR count). The fraction of sp³-hybridized carbons (Fsp3) is 0.200. The molecule has 3 nitrogen and oxygen atoms in total. The summed E-state index contributed by atoms with van der Waals surface area (Å²) in [5, 5.41) is 2.69. The number of amides is 1. The normalized spacial score (nSPS) is 24.7. The standard InChI is InChI=1S/C15H12N2OS/c1-9-13-11-5-3-2-4-10(11)8-12(13)17(14(9)18)15-16-6-7-19-15/h2-7,12-13H,1,8H2. The molecule has 0 radical (unpaired) electrons. The number of rotatable bonds is 1. The van der Waals surface area contributed by atoms with Crippen LogP contribution in [-0.4, -0.2) is 16.9 Å². The molecule has 1 aliphatic carbocycles. The first-order valence-electron chi connectivity index (χ1n) is 6.27. The highest BCUT2D eigenvalue weighted by Gasteiger charge is 2.49. The molecule has 94 valence electrons. The van der Waals surface area contributed by atoms with Gasteiger partial charge in [0.2, 0.25) is 0 Å². The molecule has 2 unspecified atom stereocenters. The number of fused-ring (bicyclic) bond motifs is 3. The summed E-state index contributed by atoms with van der Waals surface area (Å²) < 4.78 is 0. The Hall–Kier alpha value is -1.94. The second-order valence-electron chi connectivity index (χ2n) is 4.96. The van der Waals surface area contributed by atoms with Crippen LogP contribution in [0.15, 0.2) is 48.0 Å². The van der Waals surface area contributed by atoms with Crippen molar-refractivity contribution in [2.45, 2.75) is 18.4 Å². The first-order valence-corrected chi connectivity index (χ1v) is 7.15. The van der Waals surface area contributed by atoms with Crippen LogP contribution in [0.1, 0.15) is 17.0 Å². The van der Waals surface area contributed by atoms with E-state index in [1.54, 1.807) is 6.20 Å². The van der Waals surface area contributed by atoms with Crippen molar-refractivity contribution < 1.29 is 4.79 Å². The first-order chi connectivity index (χ1) is 9.27. The minimum Gasteiger partial charge on any atom is -0.280 e. The van der Waals surface area contributed by atoms with Crippen LogP contribution in [0.25, 0.3) is 0 Å². The molecule has 1 fully saturated rings. The van der Waals surface area contributed by atoms with Gasteiger partial charge >= 0.3 is 0 Å². The Balaban J connectivity index is 1.84. The van der Waals surface area contributed by atoms with Gasteiger partial charge in [-0.05, 0) is 17.5 Å². The van der Waals surface area contributed by atoms with E-state index in [1.807, 2.05) is 16.3 Å². The lowest BCUT2D eigenvalue weighted by atomic mass is 9.94. The largest absolute Gasteiger partial charge is 0.280 e. The van der Waals surface area contributed by atoms with E-state index in [2.05, 4.69) is 29.8 Å². The second-order valence-corrected chi connectivity index (χ2v) is 5.84. The van der Waals surface area contributed by atoms with Crippen LogP contribution < -0.4 is 4.90 Å². The highest BCUT2D eigenvalue weighted by molar-refractivity contribution is 7.13. The molecule has 1 saturated heterocycles. The average molecular weight is 268 g/mol. The molecule has 0 bridgehead atoms. The first kappa shape index (κ1) is 10.9.